The fourth-order valence-electron chi connectivity index (χ4n) is 4.01. The number of hydrogen-bond acceptors (Lipinski definition) is 1. The van der Waals surface area contributed by atoms with Crippen molar-refractivity contribution in [3.05, 3.63) is 65.0 Å². The van der Waals surface area contributed by atoms with Crippen LogP contribution in [0.25, 0.3) is 0 Å². The second-order valence-electron chi connectivity index (χ2n) is 7.53. The van der Waals surface area contributed by atoms with Crippen molar-refractivity contribution in [2.75, 3.05) is 0 Å². The summed E-state index contributed by atoms with van der Waals surface area (Å²) < 4.78 is 47.3. The molecule has 146 valence electrons. The maximum atomic E-state index is 14.6. The van der Waals surface area contributed by atoms with E-state index < -0.39 is 11.6 Å². The Balaban J connectivity index is 1.59. The van der Waals surface area contributed by atoms with Crippen molar-refractivity contribution in [2.24, 2.45) is 5.92 Å². The van der Waals surface area contributed by atoms with Gasteiger partial charge in [-0.25, -0.2) is 13.2 Å². The molecular formula is C23H27F3O. The van der Waals surface area contributed by atoms with Gasteiger partial charge in [0.1, 0.15) is 29.8 Å². The molecule has 0 atom stereocenters. The summed E-state index contributed by atoms with van der Waals surface area (Å²) >= 11 is 0. The highest BCUT2D eigenvalue weighted by atomic mass is 19.1. The molecule has 1 fully saturated rings. The van der Waals surface area contributed by atoms with Gasteiger partial charge in [-0.05, 0) is 61.3 Å². The monoisotopic (exact) mass is 376 g/mol. The van der Waals surface area contributed by atoms with E-state index in [1.807, 2.05) is 0 Å². The predicted molar refractivity (Wildman–Crippen MR) is 101 cm³/mol. The van der Waals surface area contributed by atoms with E-state index in [9.17, 15) is 13.2 Å². The van der Waals surface area contributed by atoms with Crippen molar-refractivity contribution in [3.8, 4) is 5.75 Å². The van der Waals surface area contributed by atoms with E-state index >= 15 is 0 Å². The Morgan fingerprint density at radius 1 is 0.926 bits per heavy atom. The Morgan fingerprint density at radius 2 is 1.63 bits per heavy atom. The molecule has 27 heavy (non-hydrogen) atoms. The van der Waals surface area contributed by atoms with Gasteiger partial charge >= 0.3 is 0 Å². The van der Waals surface area contributed by atoms with Crippen molar-refractivity contribution in [1.82, 2.24) is 0 Å². The van der Waals surface area contributed by atoms with E-state index in [0.717, 1.165) is 37.2 Å². The Hall–Kier alpha value is -1.97. The molecule has 0 N–H and O–H groups in total. The lowest BCUT2D eigenvalue weighted by Crippen LogP contribution is -2.14. The minimum atomic E-state index is -0.660. The summed E-state index contributed by atoms with van der Waals surface area (Å²) in [5, 5.41) is 0. The highest BCUT2D eigenvalue weighted by Gasteiger charge is 2.24. The van der Waals surface area contributed by atoms with Crippen LogP contribution in [0.1, 0.15) is 68.9 Å². The molecule has 0 amide bonds. The van der Waals surface area contributed by atoms with Gasteiger partial charge in [0.05, 0.1) is 5.56 Å². The third-order valence-electron chi connectivity index (χ3n) is 5.67. The molecule has 2 aromatic carbocycles. The van der Waals surface area contributed by atoms with Crippen molar-refractivity contribution >= 4 is 0 Å². The van der Waals surface area contributed by atoms with Gasteiger partial charge in [0, 0.05) is 6.07 Å². The van der Waals surface area contributed by atoms with Crippen LogP contribution in [0.3, 0.4) is 0 Å². The molecule has 1 saturated carbocycles. The van der Waals surface area contributed by atoms with Crippen LogP contribution < -0.4 is 4.74 Å². The summed E-state index contributed by atoms with van der Waals surface area (Å²) in [6.07, 6.45) is 8.15. The van der Waals surface area contributed by atoms with Crippen LogP contribution >= 0.6 is 0 Å². The van der Waals surface area contributed by atoms with Gasteiger partial charge in [-0.15, -0.1) is 0 Å². The molecule has 0 unspecified atom stereocenters. The minimum Gasteiger partial charge on any atom is -0.489 e. The van der Waals surface area contributed by atoms with Crippen LogP contribution in [0.15, 0.2) is 36.4 Å². The maximum absolute atomic E-state index is 14.6. The van der Waals surface area contributed by atoms with Crippen molar-refractivity contribution in [1.29, 1.82) is 0 Å². The summed E-state index contributed by atoms with van der Waals surface area (Å²) in [5.41, 5.74) is 0.584. The van der Waals surface area contributed by atoms with Crippen molar-refractivity contribution in [3.63, 3.8) is 0 Å². The molecule has 0 spiro atoms. The number of ether oxygens (including phenoxy) is 1. The fourth-order valence-corrected chi connectivity index (χ4v) is 4.01. The van der Waals surface area contributed by atoms with Gasteiger partial charge in [-0.3, -0.25) is 0 Å². The van der Waals surface area contributed by atoms with Gasteiger partial charge in [-0.2, -0.15) is 0 Å². The topological polar surface area (TPSA) is 9.23 Å². The van der Waals surface area contributed by atoms with E-state index in [-0.39, 0.29) is 29.7 Å². The fraction of sp³-hybridized carbons (Fsp3) is 0.478. The molecule has 0 saturated heterocycles. The Labute approximate surface area is 159 Å². The number of rotatable bonds is 7. The Bertz CT molecular complexity index is 731. The first-order chi connectivity index (χ1) is 13.1. The maximum Gasteiger partial charge on any atom is 0.132 e. The lowest BCUT2D eigenvalue weighted by molar-refractivity contribution is 0.288. The smallest absolute Gasteiger partial charge is 0.132 e. The number of hydrogen-bond donors (Lipinski definition) is 0. The molecule has 0 aliphatic heterocycles. The van der Waals surface area contributed by atoms with Crippen LogP contribution in [0.2, 0.25) is 0 Å². The second-order valence-corrected chi connectivity index (χ2v) is 7.53. The molecule has 2 aromatic rings. The van der Waals surface area contributed by atoms with Crippen LogP contribution in [-0.4, -0.2) is 0 Å². The van der Waals surface area contributed by atoms with E-state index in [1.54, 1.807) is 12.1 Å². The summed E-state index contributed by atoms with van der Waals surface area (Å²) in [6.45, 7) is 1.95. The van der Waals surface area contributed by atoms with Crippen molar-refractivity contribution in [2.45, 2.75) is 64.4 Å². The lowest BCUT2D eigenvalue weighted by atomic mass is 9.77. The third kappa shape index (κ3) is 5.06. The average Bonchev–Trinajstić information content (AvgIpc) is 2.67. The molecule has 1 nitrogen and oxygen atoms in total. The molecular weight excluding hydrogens is 349 g/mol. The zero-order valence-corrected chi connectivity index (χ0v) is 15.8. The Kier molecular flexibility index (Phi) is 6.81. The van der Waals surface area contributed by atoms with Crippen LogP contribution in [0.5, 0.6) is 5.75 Å². The normalized spacial score (nSPS) is 19.9. The van der Waals surface area contributed by atoms with Gasteiger partial charge < -0.3 is 4.74 Å². The summed E-state index contributed by atoms with van der Waals surface area (Å²) in [6, 6.07) is 8.46. The van der Waals surface area contributed by atoms with E-state index in [2.05, 4.69) is 6.92 Å². The first kappa shape index (κ1) is 19.8. The standard InChI is InChI=1S/C23H27F3O/c1-2-3-5-16-8-10-17(11-9-16)19-13-12-18(14-23(19)26)27-15-20-21(24)6-4-7-22(20)25/h4,6-7,12-14,16-17H,2-3,5,8-11,15H2,1H3/t16-,17-. The molecule has 0 bridgehead atoms. The quantitative estimate of drug-likeness (QED) is 0.499. The number of halogens is 3. The lowest BCUT2D eigenvalue weighted by Gasteiger charge is -2.29. The van der Waals surface area contributed by atoms with Gasteiger partial charge in [0.15, 0.2) is 0 Å². The highest BCUT2D eigenvalue weighted by Crippen LogP contribution is 2.39. The van der Waals surface area contributed by atoms with Gasteiger partial charge in [-0.1, -0.05) is 38.3 Å². The van der Waals surface area contributed by atoms with Crippen molar-refractivity contribution < 1.29 is 17.9 Å². The summed E-state index contributed by atoms with van der Waals surface area (Å²) in [7, 11) is 0. The van der Waals surface area contributed by atoms with Crippen LogP contribution in [-0.2, 0) is 6.61 Å². The average molecular weight is 376 g/mol. The van der Waals surface area contributed by atoms with Crippen LogP contribution in [0, 0.1) is 23.4 Å². The number of benzene rings is 2. The zero-order valence-electron chi connectivity index (χ0n) is 15.8. The van der Waals surface area contributed by atoms with Gasteiger partial charge in [0.25, 0.3) is 0 Å². The molecule has 0 heterocycles. The van der Waals surface area contributed by atoms with E-state index in [1.165, 1.54) is 43.5 Å². The SMILES string of the molecule is CCCC[C@H]1CC[C@H](c2ccc(OCc3c(F)cccc3F)cc2F)CC1. The predicted octanol–water partition coefficient (Wildman–Crippen LogP) is 7.15. The third-order valence-corrected chi connectivity index (χ3v) is 5.67. The summed E-state index contributed by atoms with van der Waals surface area (Å²) in [5.74, 6) is -0.295. The summed E-state index contributed by atoms with van der Waals surface area (Å²) in [4.78, 5) is 0. The van der Waals surface area contributed by atoms with Gasteiger partial charge in [0.2, 0.25) is 0 Å². The van der Waals surface area contributed by atoms with E-state index in [0.29, 0.717) is 0 Å². The first-order valence-electron chi connectivity index (χ1n) is 9.93. The number of unbranched alkanes of at least 4 members (excludes halogenated alkanes) is 1. The zero-order chi connectivity index (χ0) is 19.2. The van der Waals surface area contributed by atoms with E-state index in [4.69, 9.17) is 4.74 Å². The first-order valence-corrected chi connectivity index (χ1v) is 9.93. The van der Waals surface area contributed by atoms with Crippen LogP contribution in [0.4, 0.5) is 13.2 Å². The largest absolute Gasteiger partial charge is 0.489 e. The molecule has 0 radical (unpaired) electrons. The molecule has 1 aliphatic rings. The molecule has 0 aromatic heterocycles. The molecule has 3 rings (SSSR count). The molecule has 4 heteroatoms. The second kappa shape index (κ2) is 9.29. The molecule has 1 aliphatic carbocycles. The highest BCUT2D eigenvalue weighted by molar-refractivity contribution is 5.32. The minimum absolute atomic E-state index is 0.146. The Morgan fingerprint density at radius 3 is 2.26 bits per heavy atom.